The van der Waals surface area contributed by atoms with E-state index in [9.17, 15) is 8.42 Å². The fourth-order valence-electron chi connectivity index (χ4n) is 2.95. The molecule has 0 amide bonds. The molecule has 1 aliphatic rings. The second-order valence-electron chi connectivity index (χ2n) is 6.35. The zero-order chi connectivity index (χ0) is 18.0. The average molecular weight is 365 g/mol. The maximum absolute atomic E-state index is 12.7. The normalized spacial score (nSPS) is 23.5. The monoisotopic (exact) mass is 365 g/mol. The van der Waals surface area contributed by atoms with Gasteiger partial charge in [0.1, 0.15) is 12.7 Å². The molecule has 0 bridgehead atoms. The number of rotatable bonds is 5. The van der Waals surface area contributed by atoms with E-state index in [4.69, 9.17) is 4.74 Å². The largest absolute Gasteiger partial charge is 0.373 e. The Bertz CT molecular complexity index is 782. The zero-order valence-corrected chi connectivity index (χ0v) is 15.3. The first kappa shape index (κ1) is 18.0. The predicted molar refractivity (Wildman–Crippen MR) is 93.4 cm³/mol. The molecule has 3 rings (SSSR count). The quantitative estimate of drug-likeness (QED) is 0.862. The minimum atomic E-state index is -3.57. The summed E-state index contributed by atoms with van der Waals surface area (Å²) in [5.74, 6) is 0. The number of nitrogens with zero attached hydrogens (tertiary/aromatic N) is 4. The average Bonchev–Trinajstić information content (AvgIpc) is 3.08. The van der Waals surface area contributed by atoms with E-state index in [1.54, 1.807) is 11.0 Å². The van der Waals surface area contributed by atoms with E-state index in [2.05, 4.69) is 14.8 Å². The molecule has 3 atom stereocenters. The van der Waals surface area contributed by atoms with Crippen molar-refractivity contribution in [2.24, 2.45) is 0 Å². The maximum Gasteiger partial charge on any atom is 0.280 e. The molecule has 8 nitrogen and oxygen atoms in total. The Labute approximate surface area is 148 Å². The molecular weight excluding hydrogens is 342 g/mol. The summed E-state index contributed by atoms with van der Waals surface area (Å²) in [6.45, 7) is 6.31. The van der Waals surface area contributed by atoms with Crippen LogP contribution in [0, 0.1) is 0 Å². The van der Waals surface area contributed by atoms with Crippen molar-refractivity contribution in [1.82, 2.24) is 23.8 Å². The Balaban J connectivity index is 1.69. The van der Waals surface area contributed by atoms with E-state index in [0.717, 1.165) is 11.3 Å². The number of nitrogens with one attached hydrogen (secondary N) is 1. The van der Waals surface area contributed by atoms with Gasteiger partial charge in [-0.15, -0.1) is 0 Å². The second kappa shape index (κ2) is 7.20. The summed E-state index contributed by atoms with van der Waals surface area (Å²) in [4.78, 5) is 3.91. The van der Waals surface area contributed by atoms with E-state index in [1.165, 1.54) is 10.6 Å². The Kier molecular flexibility index (Phi) is 5.19. The molecule has 2 aromatic rings. The van der Waals surface area contributed by atoms with Gasteiger partial charge in [0, 0.05) is 19.1 Å². The summed E-state index contributed by atoms with van der Waals surface area (Å²) in [6.07, 6.45) is 2.85. The number of ether oxygens (including phenoxy) is 1. The second-order valence-corrected chi connectivity index (χ2v) is 8.05. The van der Waals surface area contributed by atoms with Gasteiger partial charge in [-0.3, -0.25) is 0 Å². The third kappa shape index (κ3) is 4.24. The van der Waals surface area contributed by atoms with Gasteiger partial charge in [0.25, 0.3) is 10.2 Å². The highest BCUT2D eigenvalue weighted by molar-refractivity contribution is 7.87. The van der Waals surface area contributed by atoms with Crippen LogP contribution in [0.2, 0.25) is 0 Å². The zero-order valence-electron chi connectivity index (χ0n) is 14.5. The number of hydrogen-bond donors (Lipinski definition) is 1. The third-order valence-corrected chi connectivity index (χ3v) is 5.76. The number of morpholine rings is 1. The van der Waals surface area contributed by atoms with E-state index < -0.39 is 10.2 Å². The van der Waals surface area contributed by atoms with Crippen molar-refractivity contribution < 1.29 is 13.2 Å². The van der Waals surface area contributed by atoms with Crippen LogP contribution in [0.25, 0.3) is 5.69 Å². The molecule has 136 valence electrons. The molecule has 1 aromatic heterocycles. The molecule has 1 N–H and O–H groups in total. The highest BCUT2D eigenvalue weighted by Gasteiger charge is 2.31. The molecule has 1 aliphatic heterocycles. The fraction of sp³-hybridized carbons (Fsp3) is 0.500. The molecule has 2 heterocycles. The van der Waals surface area contributed by atoms with Gasteiger partial charge >= 0.3 is 0 Å². The molecule has 0 saturated carbocycles. The molecular formula is C16H23N5O3S. The first-order chi connectivity index (χ1) is 11.8. The predicted octanol–water partition coefficient (Wildman–Crippen LogP) is 1.27. The van der Waals surface area contributed by atoms with Crippen molar-refractivity contribution in [3.05, 3.63) is 42.5 Å². The van der Waals surface area contributed by atoms with Gasteiger partial charge in [-0.25, -0.2) is 9.67 Å². The lowest BCUT2D eigenvalue weighted by molar-refractivity contribution is -0.0444. The fourth-order valence-corrected chi connectivity index (χ4v) is 4.49. The lowest BCUT2D eigenvalue weighted by atomic mass is 10.1. The third-order valence-electron chi connectivity index (χ3n) is 4.13. The van der Waals surface area contributed by atoms with E-state index in [0.29, 0.717) is 13.1 Å². The van der Waals surface area contributed by atoms with Crippen LogP contribution in [0.15, 0.2) is 36.9 Å². The summed E-state index contributed by atoms with van der Waals surface area (Å²) in [5, 5.41) is 4.07. The van der Waals surface area contributed by atoms with Crippen LogP contribution in [-0.2, 0) is 14.9 Å². The molecule has 0 spiro atoms. The van der Waals surface area contributed by atoms with Gasteiger partial charge in [-0.1, -0.05) is 12.1 Å². The van der Waals surface area contributed by atoms with Gasteiger partial charge in [-0.2, -0.15) is 22.5 Å². The van der Waals surface area contributed by atoms with Crippen LogP contribution in [-0.4, -0.2) is 52.8 Å². The minimum Gasteiger partial charge on any atom is -0.373 e. The smallest absolute Gasteiger partial charge is 0.280 e. The van der Waals surface area contributed by atoms with Crippen molar-refractivity contribution in [3.63, 3.8) is 0 Å². The van der Waals surface area contributed by atoms with E-state index in [1.807, 2.05) is 45.0 Å². The lowest BCUT2D eigenvalue weighted by Gasteiger charge is -2.35. The van der Waals surface area contributed by atoms with Crippen LogP contribution in [0.4, 0.5) is 0 Å². The standard InChI is InChI=1S/C16H23N5O3S/c1-12-8-20(9-13(2)24-12)25(22,23)19-14(3)15-4-6-16(7-5-15)21-11-17-10-18-21/h4-7,10-14,19H,8-9H2,1-3H3. The number of aromatic nitrogens is 3. The van der Waals surface area contributed by atoms with Crippen LogP contribution >= 0.6 is 0 Å². The Morgan fingerprint density at radius 3 is 2.40 bits per heavy atom. The lowest BCUT2D eigenvalue weighted by Crippen LogP contribution is -2.52. The summed E-state index contributed by atoms with van der Waals surface area (Å²) in [6, 6.07) is 7.19. The Morgan fingerprint density at radius 1 is 1.20 bits per heavy atom. The van der Waals surface area contributed by atoms with Crippen LogP contribution < -0.4 is 4.72 Å². The molecule has 3 unspecified atom stereocenters. The highest BCUT2D eigenvalue weighted by atomic mass is 32.2. The summed E-state index contributed by atoms with van der Waals surface area (Å²) < 4.78 is 36.7. The summed E-state index contributed by atoms with van der Waals surface area (Å²) in [5.41, 5.74) is 1.74. The Morgan fingerprint density at radius 2 is 1.84 bits per heavy atom. The van der Waals surface area contributed by atoms with Gasteiger partial charge in [0.2, 0.25) is 0 Å². The van der Waals surface area contributed by atoms with Crippen LogP contribution in [0.5, 0.6) is 0 Å². The van der Waals surface area contributed by atoms with E-state index in [-0.39, 0.29) is 18.2 Å². The molecule has 1 aromatic carbocycles. The summed E-state index contributed by atoms with van der Waals surface area (Å²) in [7, 11) is -3.57. The van der Waals surface area contributed by atoms with Crippen molar-refractivity contribution in [3.8, 4) is 5.69 Å². The Hall–Kier alpha value is -1.81. The van der Waals surface area contributed by atoms with Crippen LogP contribution in [0.1, 0.15) is 32.4 Å². The number of hydrogen-bond acceptors (Lipinski definition) is 5. The highest BCUT2D eigenvalue weighted by Crippen LogP contribution is 2.19. The molecule has 9 heteroatoms. The molecule has 1 saturated heterocycles. The maximum atomic E-state index is 12.7. The molecule has 1 fully saturated rings. The summed E-state index contributed by atoms with van der Waals surface area (Å²) >= 11 is 0. The minimum absolute atomic E-state index is 0.113. The molecule has 25 heavy (non-hydrogen) atoms. The first-order valence-corrected chi connectivity index (χ1v) is 9.67. The van der Waals surface area contributed by atoms with Crippen molar-refractivity contribution in [2.75, 3.05) is 13.1 Å². The van der Waals surface area contributed by atoms with Crippen molar-refractivity contribution in [1.29, 1.82) is 0 Å². The van der Waals surface area contributed by atoms with Crippen LogP contribution in [0.3, 0.4) is 0 Å². The topological polar surface area (TPSA) is 89.4 Å². The molecule has 0 aliphatic carbocycles. The van der Waals surface area contributed by atoms with Crippen molar-refractivity contribution >= 4 is 10.2 Å². The molecule has 0 radical (unpaired) electrons. The number of benzene rings is 1. The van der Waals surface area contributed by atoms with Crippen molar-refractivity contribution in [2.45, 2.75) is 39.0 Å². The van der Waals surface area contributed by atoms with Gasteiger partial charge in [0.05, 0.1) is 17.9 Å². The van der Waals surface area contributed by atoms with Gasteiger partial charge in [0.15, 0.2) is 0 Å². The first-order valence-electron chi connectivity index (χ1n) is 8.23. The van der Waals surface area contributed by atoms with Gasteiger partial charge in [-0.05, 0) is 38.5 Å². The van der Waals surface area contributed by atoms with E-state index >= 15 is 0 Å². The van der Waals surface area contributed by atoms with Gasteiger partial charge < -0.3 is 4.74 Å². The SMILES string of the molecule is CC1CN(S(=O)(=O)NC(C)c2ccc(-n3cncn3)cc2)CC(C)O1.